The quantitative estimate of drug-likeness (QED) is 0.548. The van der Waals surface area contributed by atoms with E-state index < -0.39 is 17.6 Å². The lowest BCUT2D eigenvalue weighted by molar-refractivity contribution is -0.139. The molecule has 3 atom stereocenters. The van der Waals surface area contributed by atoms with Crippen LogP contribution >= 0.6 is 0 Å². The van der Waals surface area contributed by atoms with Crippen molar-refractivity contribution in [2.75, 3.05) is 38.3 Å². The van der Waals surface area contributed by atoms with Crippen LogP contribution in [0.3, 0.4) is 0 Å². The maximum atomic E-state index is 13.5. The van der Waals surface area contributed by atoms with Gasteiger partial charge in [0, 0.05) is 38.1 Å². The number of methoxy groups -OCH3 is 1. The molecule has 2 saturated heterocycles. The first-order chi connectivity index (χ1) is 17.4. The molecule has 0 spiro atoms. The summed E-state index contributed by atoms with van der Waals surface area (Å²) in [6.45, 7) is 2.60. The van der Waals surface area contributed by atoms with Crippen molar-refractivity contribution in [3.8, 4) is 11.8 Å². The zero-order chi connectivity index (χ0) is 25.3. The summed E-state index contributed by atoms with van der Waals surface area (Å²) < 4.78 is 57.5. The molecule has 36 heavy (non-hydrogen) atoms. The fourth-order valence-electron chi connectivity index (χ4n) is 5.25. The molecular weight excluding hydrogens is 479 g/mol. The van der Waals surface area contributed by atoms with Gasteiger partial charge in [0.05, 0.1) is 43.4 Å². The van der Waals surface area contributed by atoms with Crippen molar-refractivity contribution < 1.29 is 32.2 Å². The van der Waals surface area contributed by atoms with Crippen LogP contribution in [0.15, 0.2) is 18.6 Å². The number of alkyl halides is 3. The molecule has 2 aromatic heterocycles. The van der Waals surface area contributed by atoms with Crippen LogP contribution in [0.4, 0.5) is 18.9 Å². The highest BCUT2D eigenvalue weighted by Crippen LogP contribution is 2.38. The number of anilines is 1. The first-order valence-electron chi connectivity index (χ1n) is 12.0. The summed E-state index contributed by atoms with van der Waals surface area (Å²) >= 11 is 0. The Balaban J connectivity index is 1.38. The Hall–Kier alpha value is -2.99. The predicted octanol–water partition coefficient (Wildman–Crippen LogP) is 2.87. The summed E-state index contributed by atoms with van der Waals surface area (Å²) in [6, 6.07) is 1.01. The highest BCUT2D eigenvalue weighted by atomic mass is 19.4. The fraction of sp³-hybridized carbons (Fsp3) is 0.583. The summed E-state index contributed by atoms with van der Waals surface area (Å²) in [6.07, 6.45) is 1.89. The summed E-state index contributed by atoms with van der Waals surface area (Å²) in [5.41, 5.74) is 0.964. The van der Waals surface area contributed by atoms with E-state index in [4.69, 9.17) is 14.2 Å². The van der Waals surface area contributed by atoms with E-state index in [1.807, 2.05) is 4.90 Å². The molecule has 3 aliphatic rings. The lowest BCUT2D eigenvalue weighted by Crippen LogP contribution is -2.51. The van der Waals surface area contributed by atoms with Gasteiger partial charge in [0.25, 0.3) is 0 Å². The van der Waals surface area contributed by atoms with E-state index in [-0.39, 0.29) is 24.7 Å². The fourth-order valence-corrected chi connectivity index (χ4v) is 5.25. The molecule has 0 aromatic carbocycles. The van der Waals surface area contributed by atoms with E-state index in [2.05, 4.69) is 19.9 Å². The van der Waals surface area contributed by atoms with E-state index in [9.17, 15) is 18.0 Å². The van der Waals surface area contributed by atoms with Crippen molar-refractivity contribution >= 4 is 12.0 Å². The monoisotopic (exact) mass is 507 g/mol. The number of hydrogen-bond donors (Lipinski definition) is 0. The van der Waals surface area contributed by atoms with Crippen LogP contribution in [-0.2, 0) is 28.7 Å². The Kier molecular flexibility index (Phi) is 6.98. The minimum atomic E-state index is -4.59. The molecule has 0 bridgehead atoms. The molecule has 5 rings (SSSR count). The molecule has 0 amide bonds. The number of halogens is 3. The summed E-state index contributed by atoms with van der Waals surface area (Å²) in [5.74, 6) is -0.153. The number of hydrogen-bond acceptors (Lipinski definition) is 9. The molecular formula is C24H28F3N5O4. The van der Waals surface area contributed by atoms with Crippen LogP contribution in [0.25, 0.3) is 0 Å². The van der Waals surface area contributed by atoms with Crippen molar-refractivity contribution in [3.05, 3.63) is 35.4 Å². The van der Waals surface area contributed by atoms with Crippen molar-refractivity contribution in [1.29, 1.82) is 0 Å². The smallest absolute Gasteiger partial charge is 0.421 e. The molecule has 0 radical (unpaired) electrons. The van der Waals surface area contributed by atoms with Gasteiger partial charge in [-0.2, -0.15) is 13.2 Å². The number of fused-ring (bicyclic) bond motifs is 1. The second-order valence-corrected chi connectivity index (χ2v) is 9.21. The SMILES string of the molecule is COc1ncc(N2CCc3ncnc(OC4CCCN4C4COCCC4C=O)c3C2)cc1C(F)(F)F. The van der Waals surface area contributed by atoms with Gasteiger partial charge in [-0.3, -0.25) is 4.90 Å². The first-order valence-corrected chi connectivity index (χ1v) is 12.0. The molecule has 0 N–H and O–H groups in total. The van der Waals surface area contributed by atoms with Crippen LogP contribution in [0.2, 0.25) is 0 Å². The number of aldehydes is 1. The standard InChI is InChI=1S/C24H28F3N5O4/c1-34-23-18(24(25,26)27)9-16(10-28-23)31-7-4-19-17(11-31)22(30-14-29-19)36-21-3-2-6-32(21)20-13-35-8-5-15(20)12-33/h9-10,12,14-15,20-21H,2-8,11,13H2,1H3. The predicted molar refractivity (Wildman–Crippen MR) is 122 cm³/mol. The van der Waals surface area contributed by atoms with Crippen LogP contribution in [0, 0.1) is 5.92 Å². The lowest BCUT2D eigenvalue weighted by atomic mass is 9.95. The molecule has 5 heterocycles. The Labute approximate surface area is 206 Å². The number of nitrogens with zero attached hydrogens (tertiary/aromatic N) is 5. The van der Waals surface area contributed by atoms with E-state index in [0.29, 0.717) is 44.2 Å². The third kappa shape index (κ3) is 4.83. The van der Waals surface area contributed by atoms with Gasteiger partial charge in [-0.1, -0.05) is 0 Å². The number of carbonyl (C=O) groups excluding carboxylic acids is 1. The maximum absolute atomic E-state index is 13.5. The normalized spacial score (nSPS) is 24.9. The van der Waals surface area contributed by atoms with Crippen molar-refractivity contribution in [2.24, 2.45) is 5.92 Å². The number of pyridine rings is 1. The number of likely N-dealkylation sites (tertiary alicyclic amines) is 1. The third-order valence-corrected chi connectivity index (χ3v) is 7.13. The van der Waals surface area contributed by atoms with Gasteiger partial charge >= 0.3 is 6.18 Å². The average molecular weight is 508 g/mol. The minimum absolute atomic E-state index is 0.0518. The van der Waals surface area contributed by atoms with Gasteiger partial charge in [-0.15, -0.1) is 0 Å². The van der Waals surface area contributed by atoms with Crippen molar-refractivity contribution in [1.82, 2.24) is 19.9 Å². The van der Waals surface area contributed by atoms with E-state index in [1.54, 1.807) is 0 Å². The van der Waals surface area contributed by atoms with E-state index in [1.165, 1.54) is 19.6 Å². The Morgan fingerprint density at radius 3 is 2.81 bits per heavy atom. The van der Waals surface area contributed by atoms with Crippen molar-refractivity contribution in [2.45, 2.75) is 50.7 Å². The van der Waals surface area contributed by atoms with Gasteiger partial charge in [-0.25, -0.2) is 15.0 Å². The van der Waals surface area contributed by atoms with Gasteiger partial charge in [-0.05, 0) is 25.3 Å². The van der Waals surface area contributed by atoms with Crippen LogP contribution in [-0.4, -0.2) is 71.8 Å². The lowest BCUT2D eigenvalue weighted by Gasteiger charge is -2.38. The van der Waals surface area contributed by atoms with Crippen LogP contribution in [0.5, 0.6) is 11.8 Å². The Morgan fingerprint density at radius 2 is 2.03 bits per heavy atom. The van der Waals surface area contributed by atoms with Crippen LogP contribution < -0.4 is 14.4 Å². The summed E-state index contributed by atoms with van der Waals surface area (Å²) in [4.78, 5) is 28.3. The molecule has 2 fully saturated rings. The van der Waals surface area contributed by atoms with Gasteiger partial charge in [0.1, 0.15) is 18.2 Å². The van der Waals surface area contributed by atoms with E-state index >= 15 is 0 Å². The average Bonchev–Trinajstić information content (AvgIpc) is 3.35. The Bertz CT molecular complexity index is 1100. The number of carbonyl (C=O) groups is 1. The highest BCUT2D eigenvalue weighted by molar-refractivity contribution is 5.55. The Morgan fingerprint density at radius 1 is 1.17 bits per heavy atom. The third-order valence-electron chi connectivity index (χ3n) is 7.13. The molecule has 9 nitrogen and oxygen atoms in total. The second kappa shape index (κ2) is 10.2. The molecule has 2 aromatic rings. The maximum Gasteiger partial charge on any atom is 0.421 e. The zero-order valence-corrected chi connectivity index (χ0v) is 19.9. The minimum Gasteiger partial charge on any atom is -0.481 e. The largest absolute Gasteiger partial charge is 0.481 e. The zero-order valence-electron chi connectivity index (χ0n) is 19.9. The summed E-state index contributed by atoms with van der Waals surface area (Å²) in [7, 11) is 1.17. The van der Waals surface area contributed by atoms with Crippen LogP contribution in [0.1, 0.15) is 36.1 Å². The molecule has 12 heteroatoms. The molecule has 0 aliphatic carbocycles. The first kappa shape index (κ1) is 24.7. The number of ether oxygens (including phenoxy) is 3. The second-order valence-electron chi connectivity index (χ2n) is 9.21. The number of aromatic nitrogens is 3. The van der Waals surface area contributed by atoms with Gasteiger partial charge in [0.2, 0.25) is 11.8 Å². The van der Waals surface area contributed by atoms with Crippen molar-refractivity contribution in [3.63, 3.8) is 0 Å². The molecule has 194 valence electrons. The number of rotatable bonds is 6. The molecule has 0 saturated carbocycles. The van der Waals surface area contributed by atoms with Gasteiger partial charge < -0.3 is 23.9 Å². The molecule has 3 unspecified atom stereocenters. The topological polar surface area (TPSA) is 89.9 Å². The summed E-state index contributed by atoms with van der Waals surface area (Å²) in [5, 5.41) is 0. The van der Waals surface area contributed by atoms with Gasteiger partial charge in [0.15, 0.2) is 6.23 Å². The molecule has 3 aliphatic heterocycles. The highest BCUT2D eigenvalue weighted by Gasteiger charge is 2.39. The van der Waals surface area contributed by atoms with E-state index in [0.717, 1.165) is 43.0 Å².